The number of benzene rings is 1. The second-order valence-electron chi connectivity index (χ2n) is 4.33. The highest BCUT2D eigenvalue weighted by atomic mass is 19.2. The number of hydrogen-bond acceptors (Lipinski definition) is 1. The van der Waals surface area contributed by atoms with Crippen LogP contribution in [0, 0.1) is 29.3 Å². The van der Waals surface area contributed by atoms with Crippen LogP contribution in [0.15, 0.2) is 12.1 Å². The molecule has 0 saturated heterocycles. The van der Waals surface area contributed by atoms with Gasteiger partial charge in [-0.2, -0.15) is 0 Å². The van der Waals surface area contributed by atoms with E-state index in [0.717, 1.165) is 38.1 Å². The molecule has 0 fully saturated rings. The summed E-state index contributed by atoms with van der Waals surface area (Å²) < 4.78 is 38.7. The lowest BCUT2D eigenvalue weighted by Crippen LogP contribution is -2.25. The normalized spacial score (nSPS) is 10.4. The molecule has 0 bridgehead atoms. The zero-order chi connectivity index (χ0) is 14.3. The van der Waals surface area contributed by atoms with E-state index in [0.29, 0.717) is 6.54 Å². The van der Waals surface area contributed by atoms with E-state index in [-0.39, 0.29) is 5.56 Å². The number of hydrogen-bond donors (Lipinski definition) is 0. The fourth-order valence-corrected chi connectivity index (χ4v) is 1.78. The number of rotatable bonds is 5. The molecule has 0 amide bonds. The molecule has 1 rings (SSSR count). The summed E-state index contributed by atoms with van der Waals surface area (Å²) in [6.07, 6.45) is 2.06. The lowest BCUT2D eigenvalue weighted by Gasteiger charge is -2.17. The summed E-state index contributed by atoms with van der Waals surface area (Å²) in [5.74, 6) is 1.66. The molecule has 19 heavy (non-hydrogen) atoms. The van der Waals surface area contributed by atoms with Gasteiger partial charge in [0.1, 0.15) is 0 Å². The minimum atomic E-state index is -1.45. The zero-order valence-electron chi connectivity index (χ0n) is 11.3. The van der Waals surface area contributed by atoms with Crippen LogP contribution in [0.2, 0.25) is 0 Å². The Balaban J connectivity index is 2.72. The van der Waals surface area contributed by atoms with E-state index in [1.54, 1.807) is 0 Å². The molecule has 1 aromatic rings. The second kappa shape index (κ2) is 7.85. The van der Waals surface area contributed by atoms with Crippen LogP contribution in [0.4, 0.5) is 13.2 Å². The van der Waals surface area contributed by atoms with Crippen LogP contribution < -0.4 is 0 Å². The standard InChI is InChI=1S/C15H18F3N/c1-3-7-19(8-4-2)9-5-6-12-10-13(16)15(18)14(17)11-12/h10-11H,3-4,7-9H2,1-2H3. The third-order valence-corrected chi connectivity index (χ3v) is 2.60. The molecule has 1 aromatic carbocycles. The maximum absolute atomic E-state index is 13.0. The van der Waals surface area contributed by atoms with E-state index in [1.165, 1.54) is 0 Å². The summed E-state index contributed by atoms with van der Waals surface area (Å²) in [7, 11) is 0. The Morgan fingerprint density at radius 2 is 1.53 bits per heavy atom. The van der Waals surface area contributed by atoms with Crippen LogP contribution >= 0.6 is 0 Å². The topological polar surface area (TPSA) is 3.24 Å². The van der Waals surface area contributed by atoms with E-state index in [1.807, 2.05) is 0 Å². The first-order valence-electron chi connectivity index (χ1n) is 6.44. The van der Waals surface area contributed by atoms with Crippen LogP contribution in [0.5, 0.6) is 0 Å². The van der Waals surface area contributed by atoms with E-state index < -0.39 is 17.5 Å². The van der Waals surface area contributed by atoms with Gasteiger partial charge in [0.2, 0.25) is 0 Å². The average molecular weight is 269 g/mol. The molecule has 0 spiro atoms. The lowest BCUT2D eigenvalue weighted by molar-refractivity contribution is 0.308. The molecular weight excluding hydrogens is 251 g/mol. The SMILES string of the molecule is CCCN(CC#Cc1cc(F)c(F)c(F)c1)CCC. The molecule has 0 aliphatic rings. The van der Waals surface area contributed by atoms with Crippen LogP contribution in [0.25, 0.3) is 0 Å². The Morgan fingerprint density at radius 3 is 2.00 bits per heavy atom. The van der Waals surface area contributed by atoms with Crippen LogP contribution in [-0.2, 0) is 0 Å². The molecule has 0 aliphatic carbocycles. The third kappa shape index (κ3) is 4.96. The van der Waals surface area contributed by atoms with Crippen molar-refractivity contribution in [2.75, 3.05) is 19.6 Å². The predicted molar refractivity (Wildman–Crippen MR) is 70.2 cm³/mol. The molecular formula is C15H18F3N. The summed E-state index contributed by atoms with van der Waals surface area (Å²) in [4.78, 5) is 2.17. The first-order valence-corrected chi connectivity index (χ1v) is 6.44. The first-order chi connectivity index (χ1) is 9.08. The van der Waals surface area contributed by atoms with Gasteiger partial charge in [0, 0.05) is 5.56 Å². The molecule has 0 saturated carbocycles. The van der Waals surface area contributed by atoms with E-state index in [4.69, 9.17) is 0 Å². The van der Waals surface area contributed by atoms with Gasteiger partial charge in [-0.05, 0) is 38.1 Å². The molecule has 0 heterocycles. The summed E-state index contributed by atoms with van der Waals surface area (Å²) in [5.41, 5.74) is 0.157. The van der Waals surface area contributed by atoms with Gasteiger partial charge in [0.25, 0.3) is 0 Å². The summed E-state index contributed by atoms with van der Waals surface area (Å²) in [6.45, 7) is 6.59. The maximum atomic E-state index is 13.0. The maximum Gasteiger partial charge on any atom is 0.194 e. The van der Waals surface area contributed by atoms with Crippen molar-refractivity contribution >= 4 is 0 Å². The summed E-state index contributed by atoms with van der Waals surface area (Å²) in [5, 5.41) is 0. The Hall–Kier alpha value is -1.47. The zero-order valence-corrected chi connectivity index (χ0v) is 11.3. The van der Waals surface area contributed by atoms with Crippen molar-refractivity contribution in [1.29, 1.82) is 0 Å². The van der Waals surface area contributed by atoms with Gasteiger partial charge in [-0.25, -0.2) is 13.2 Å². The van der Waals surface area contributed by atoms with Gasteiger partial charge in [-0.3, -0.25) is 4.90 Å². The summed E-state index contributed by atoms with van der Waals surface area (Å²) >= 11 is 0. The molecule has 104 valence electrons. The molecule has 1 nitrogen and oxygen atoms in total. The minimum absolute atomic E-state index is 0.157. The van der Waals surface area contributed by atoms with Crippen molar-refractivity contribution in [1.82, 2.24) is 4.90 Å². The van der Waals surface area contributed by atoms with Crippen LogP contribution in [-0.4, -0.2) is 24.5 Å². The fraction of sp³-hybridized carbons (Fsp3) is 0.467. The van der Waals surface area contributed by atoms with Crippen LogP contribution in [0.1, 0.15) is 32.3 Å². The van der Waals surface area contributed by atoms with E-state index in [2.05, 4.69) is 30.6 Å². The Morgan fingerprint density at radius 1 is 1.00 bits per heavy atom. The first kappa shape index (κ1) is 15.6. The van der Waals surface area contributed by atoms with Gasteiger partial charge in [-0.1, -0.05) is 25.7 Å². The van der Waals surface area contributed by atoms with Crippen molar-refractivity contribution in [2.24, 2.45) is 0 Å². The smallest absolute Gasteiger partial charge is 0.194 e. The largest absolute Gasteiger partial charge is 0.292 e. The molecule has 4 heteroatoms. The van der Waals surface area contributed by atoms with Crippen molar-refractivity contribution in [3.05, 3.63) is 35.1 Å². The highest BCUT2D eigenvalue weighted by Crippen LogP contribution is 2.12. The van der Waals surface area contributed by atoms with E-state index >= 15 is 0 Å². The molecule has 0 aliphatic heterocycles. The Labute approximate surface area is 112 Å². The molecule has 0 N–H and O–H groups in total. The van der Waals surface area contributed by atoms with Gasteiger partial charge in [-0.15, -0.1) is 0 Å². The van der Waals surface area contributed by atoms with Crippen LogP contribution in [0.3, 0.4) is 0 Å². The van der Waals surface area contributed by atoms with Gasteiger partial charge in [0.15, 0.2) is 17.5 Å². The predicted octanol–water partition coefficient (Wildman–Crippen LogP) is 3.58. The fourth-order valence-electron chi connectivity index (χ4n) is 1.78. The molecule has 0 radical (unpaired) electrons. The lowest BCUT2D eigenvalue weighted by atomic mass is 10.2. The molecule has 0 atom stereocenters. The van der Waals surface area contributed by atoms with Gasteiger partial charge >= 0.3 is 0 Å². The monoisotopic (exact) mass is 269 g/mol. The minimum Gasteiger partial charge on any atom is -0.292 e. The van der Waals surface area contributed by atoms with Crippen molar-refractivity contribution in [3.63, 3.8) is 0 Å². The Bertz CT molecular complexity index is 445. The van der Waals surface area contributed by atoms with Crippen molar-refractivity contribution in [2.45, 2.75) is 26.7 Å². The number of nitrogens with zero attached hydrogens (tertiary/aromatic N) is 1. The van der Waals surface area contributed by atoms with Gasteiger partial charge < -0.3 is 0 Å². The quantitative estimate of drug-likeness (QED) is 0.583. The third-order valence-electron chi connectivity index (χ3n) is 2.60. The highest BCUT2D eigenvalue weighted by molar-refractivity contribution is 5.35. The van der Waals surface area contributed by atoms with E-state index in [9.17, 15) is 13.2 Å². The molecule has 0 aromatic heterocycles. The highest BCUT2D eigenvalue weighted by Gasteiger charge is 2.09. The van der Waals surface area contributed by atoms with Crippen molar-refractivity contribution in [3.8, 4) is 11.8 Å². The Kier molecular flexibility index (Phi) is 6.44. The molecule has 0 unspecified atom stereocenters. The second-order valence-corrected chi connectivity index (χ2v) is 4.33. The average Bonchev–Trinajstić information content (AvgIpc) is 2.36. The number of halogens is 3. The van der Waals surface area contributed by atoms with Gasteiger partial charge in [0.05, 0.1) is 6.54 Å². The van der Waals surface area contributed by atoms with Crippen molar-refractivity contribution < 1.29 is 13.2 Å². The summed E-state index contributed by atoms with van der Waals surface area (Å²) in [6, 6.07) is 1.82.